The summed E-state index contributed by atoms with van der Waals surface area (Å²) < 4.78 is 5.42. The molecule has 2 N–H and O–H groups in total. The first-order chi connectivity index (χ1) is 15.0. The van der Waals surface area contributed by atoms with E-state index in [1.54, 1.807) is 24.3 Å². The molecule has 0 unspecified atom stereocenters. The number of nitrogens with one attached hydrogen (secondary N) is 2. The molecule has 4 aromatic rings. The van der Waals surface area contributed by atoms with Gasteiger partial charge in [0, 0.05) is 22.5 Å². The summed E-state index contributed by atoms with van der Waals surface area (Å²) in [4.78, 5) is 24.1. The van der Waals surface area contributed by atoms with Crippen molar-refractivity contribution in [3.8, 4) is 5.75 Å². The quantitative estimate of drug-likeness (QED) is 0.315. The molecule has 0 fully saturated rings. The number of pyridine rings is 1. The summed E-state index contributed by atoms with van der Waals surface area (Å²) in [5.74, 6) is 0.884. The summed E-state index contributed by atoms with van der Waals surface area (Å²) in [5, 5.41) is 18.8. The first kappa shape index (κ1) is 20.0. The fourth-order valence-electron chi connectivity index (χ4n) is 3.17. The molecular formula is C22H20N6O3. The summed E-state index contributed by atoms with van der Waals surface area (Å²) in [6.45, 7) is 4.37. The van der Waals surface area contributed by atoms with Crippen LogP contribution in [0.3, 0.4) is 0 Å². The van der Waals surface area contributed by atoms with Crippen molar-refractivity contribution in [2.75, 3.05) is 17.2 Å². The molecule has 9 nitrogen and oxygen atoms in total. The van der Waals surface area contributed by atoms with Crippen LogP contribution in [0.25, 0.3) is 10.9 Å². The van der Waals surface area contributed by atoms with Crippen molar-refractivity contribution in [2.45, 2.75) is 13.8 Å². The highest BCUT2D eigenvalue weighted by molar-refractivity contribution is 5.94. The van der Waals surface area contributed by atoms with Crippen molar-refractivity contribution in [2.24, 2.45) is 0 Å². The molecule has 31 heavy (non-hydrogen) atoms. The van der Waals surface area contributed by atoms with Gasteiger partial charge in [-0.1, -0.05) is 6.07 Å². The number of hydrogen-bond acceptors (Lipinski definition) is 8. The normalized spacial score (nSPS) is 10.6. The van der Waals surface area contributed by atoms with E-state index in [1.807, 2.05) is 44.2 Å². The van der Waals surface area contributed by atoms with Crippen LogP contribution in [-0.2, 0) is 0 Å². The van der Waals surface area contributed by atoms with Crippen LogP contribution in [-0.4, -0.2) is 26.5 Å². The summed E-state index contributed by atoms with van der Waals surface area (Å²) >= 11 is 0. The fraction of sp³-hybridized carbons (Fsp3) is 0.136. The molecule has 2 aromatic carbocycles. The Morgan fingerprint density at radius 1 is 1.00 bits per heavy atom. The van der Waals surface area contributed by atoms with Gasteiger partial charge in [-0.3, -0.25) is 15.1 Å². The predicted molar refractivity (Wildman–Crippen MR) is 119 cm³/mol. The summed E-state index contributed by atoms with van der Waals surface area (Å²) in [5.41, 5.74) is 2.72. The molecule has 4 rings (SSSR count). The third-order valence-corrected chi connectivity index (χ3v) is 4.56. The molecule has 0 spiro atoms. The zero-order valence-electron chi connectivity index (χ0n) is 17.0. The second-order valence-corrected chi connectivity index (χ2v) is 6.71. The largest absolute Gasteiger partial charge is 0.494 e. The maximum absolute atomic E-state index is 11.9. The Balaban J connectivity index is 1.69. The maximum Gasteiger partial charge on any atom is 0.353 e. The van der Waals surface area contributed by atoms with Crippen LogP contribution in [0.2, 0.25) is 0 Å². The average molecular weight is 416 g/mol. The Kier molecular flexibility index (Phi) is 5.57. The molecule has 0 aliphatic carbocycles. The number of anilines is 4. The average Bonchev–Trinajstić information content (AvgIpc) is 2.75. The Bertz CT molecular complexity index is 1240. The molecule has 0 bridgehead atoms. The Morgan fingerprint density at radius 3 is 2.45 bits per heavy atom. The number of benzene rings is 2. The van der Waals surface area contributed by atoms with Crippen molar-refractivity contribution >= 4 is 39.6 Å². The second kappa shape index (κ2) is 8.62. The van der Waals surface area contributed by atoms with Gasteiger partial charge in [0.25, 0.3) is 0 Å². The van der Waals surface area contributed by atoms with Gasteiger partial charge in [0.2, 0.25) is 11.6 Å². The Labute approximate surface area is 178 Å². The lowest BCUT2D eigenvalue weighted by Crippen LogP contribution is -2.06. The van der Waals surface area contributed by atoms with Crippen molar-refractivity contribution in [3.63, 3.8) is 0 Å². The molecule has 0 radical (unpaired) electrons. The van der Waals surface area contributed by atoms with Gasteiger partial charge in [-0.05, 0) is 62.4 Å². The van der Waals surface area contributed by atoms with E-state index in [2.05, 4.69) is 25.6 Å². The number of hydrogen-bond donors (Lipinski definition) is 2. The van der Waals surface area contributed by atoms with E-state index >= 15 is 0 Å². The van der Waals surface area contributed by atoms with Crippen molar-refractivity contribution in [1.29, 1.82) is 0 Å². The molecule has 9 heteroatoms. The van der Waals surface area contributed by atoms with Gasteiger partial charge in [0.15, 0.2) is 0 Å². The number of aromatic nitrogens is 3. The van der Waals surface area contributed by atoms with Crippen LogP contribution in [0.4, 0.5) is 28.7 Å². The lowest BCUT2D eigenvalue weighted by Gasteiger charge is -2.12. The van der Waals surface area contributed by atoms with Crippen LogP contribution in [0, 0.1) is 17.0 Å². The fourth-order valence-corrected chi connectivity index (χ4v) is 3.17. The van der Waals surface area contributed by atoms with E-state index in [9.17, 15) is 10.1 Å². The van der Waals surface area contributed by atoms with Crippen LogP contribution in [0.1, 0.15) is 12.6 Å². The highest BCUT2D eigenvalue weighted by Gasteiger charge is 2.24. The number of fused-ring (bicyclic) bond motifs is 1. The molecule has 0 aliphatic rings. The second-order valence-electron chi connectivity index (χ2n) is 6.71. The first-order valence-corrected chi connectivity index (χ1v) is 9.68. The summed E-state index contributed by atoms with van der Waals surface area (Å²) in [6.07, 6.45) is 1.28. The highest BCUT2D eigenvalue weighted by atomic mass is 16.6. The molecule has 0 saturated heterocycles. The van der Waals surface area contributed by atoms with Crippen molar-refractivity contribution in [1.82, 2.24) is 15.0 Å². The number of aryl methyl sites for hydroxylation is 1. The third kappa shape index (κ3) is 4.35. The van der Waals surface area contributed by atoms with Crippen LogP contribution >= 0.6 is 0 Å². The molecule has 0 amide bonds. The lowest BCUT2D eigenvalue weighted by molar-refractivity contribution is -0.383. The maximum atomic E-state index is 11.9. The van der Waals surface area contributed by atoms with Gasteiger partial charge in [-0.2, -0.15) is 0 Å². The third-order valence-electron chi connectivity index (χ3n) is 4.56. The molecule has 0 atom stereocenters. The van der Waals surface area contributed by atoms with E-state index in [-0.39, 0.29) is 17.3 Å². The smallest absolute Gasteiger partial charge is 0.353 e. The van der Waals surface area contributed by atoms with E-state index in [0.29, 0.717) is 23.7 Å². The van der Waals surface area contributed by atoms with Gasteiger partial charge in [-0.15, -0.1) is 0 Å². The van der Waals surface area contributed by atoms with E-state index < -0.39 is 4.92 Å². The van der Waals surface area contributed by atoms with Gasteiger partial charge < -0.3 is 15.4 Å². The minimum atomic E-state index is -0.507. The SMILES string of the molecule is CCOc1ccc(Nc2ncnc(Nc3cccc4nc(C)ccc34)c2[N+](=O)[O-])cc1. The van der Waals surface area contributed by atoms with Crippen LogP contribution in [0.5, 0.6) is 5.75 Å². The number of nitrogens with zero attached hydrogens (tertiary/aromatic N) is 4. The Hall–Kier alpha value is -4.27. The van der Waals surface area contributed by atoms with E-state index in [0.717, 1.165) is 16.6 Å². The molecule has 2 heterocycles. The van der Waals surface area contributed by atoms with E-state index in [1.165, 1.54) is 6.33 Å². The molecule has 0 saturated carbocycles. The lowest BCUT2D eigenvalue weighted by atomic mass is 10.1. The molecule has 2 aromatic heterocycles. The molecule has 156 valence electrons. The molecule has 0 aliphatic heterocycles. The van der Waals surface area contributed by atoms with Gasteiger partial charge in [-0.25, -0.2) is 9.97 Å². The molecular weight excluding hydrogens is 396 g/mol. The van der Waals surface area contributed by atoms with Crippen LogP contribution < -0.4 is 15.4 Å². The predicted octanol–water partition coefficient (Wildman–Crippen LogP) is 5.13. The van der Waals surface area contributed by atoms with Crippen molar-refractivity contribution < 1.29 is 9.66 Å². The monoisotopic (exact) mass is 416 g/mol. The zero-order chi connectivity index (χ0) is 21.8. The summed E-state index contributed by atoms with van der Waals surface area (Å²) in [7, 11) is 0. The number of nitro groups is 1. The van der Waals surface area contributed by atoms with Crippen LogP contribution in [0.15, 0.2) is 60.9 Å². The zero-order valence-corrected chi connectivity index (χ0v) is 17.0. The minimum absolute atomic E-state index is 0.0841. The minimum Gasteiger partial charge on any atom is -0.494 e. The first-order valence-electron chi connectivity index (χ1n) is 9.68. The number of ether oxygens (including phenoxy) is 1. The summed E-state index contributed by atoms with van der Waals surface area (Å²) in [6, 6.07) is 16.5. The van der Waals surface area contributed by atoms with Gasteiger partial charge >= 0.3 is 5.69 Å². The number of rotatable bonds is 7. The Morgan fingerprint density at radius 2 is 1.74 bits per heavy atom. The topological polar surface area (TPSA) is 115 Å². The highest BCUT2D eigenvalue weighted by Crippen LogP contribution is 2.34. The van der Waals surface area contributed by atoms with Gasteiger partial charge in [0.05, 0.1) is 17.0 Å². The van der Waals surface area contributed by atoms with E-state index in [4.69, 9.17) is 4.74 Å². The van der Waals surface area contributed by atoms with Gasteiger partial charge in [0.1, 0.15) is 12.1 Å². The van der Waals surface area contributed by atoms with Crippen molar-refractivity contribution in [3.05, 3.63) is 76.7 Å². The standard InChI is InChI=1S/C22H20N6O3/c1-3-31-16-10-8-15(9-11-16)26-21-20(28(29)30)22(24-13-23-21)27-19-6-4-5-18-17(19)12-7-14(2)25-18/h4-13H,3H2,1-2H3,(H2,23,24,26,27).